The third kappa shape index (κ3) is 18.1. The van der Waals surface area contributed by atoms with E-state index < -0.39 is 7.91 Å². The molecule has 0 atom stereocenters. The number of quaternary nitrogens is 1. The predicted molar refractivity (Wildman–Crippen MR) is 92.5 cm³/mol. The SMILES string of the molecule is CCCC[N+](CCCC)(CCCC)CCCC.O=P(O)(O)F. The van der Waals surface area contributed by atoms with Gasteiger partial charge < -0.3 is 4.48 Å². The van der Waals surface area contributed by atoms with Gasteiger partial charge in [-0.2, -0.15) is 0 Å². The van der Waals surface area contributed by atoms with Gasteiger partial charge in [-0.1, -0.05) is 53.4 Å². The molecule has 4 nitrogen and oxygen atoms in total. The Morgan fingerprint density at radius 1 is 0.727 bits per heavy atom. The molecule has 0 heterocycles. The zero-order valence-electron chi connectivity index (χ0n) is 15.1. The van der Waals surface area contributed by atoms with Crippen LogP contribution < -0.4 is 0 Å². The molecule has 2 N–H and O–H groups in total. The number of hydrogen-bond donors (Lipinski definition) is 2. The summed E-state index contributed by atoms with van der Waals surface area (Å²) in [5, 5.41) is 0. The minimum Gasteiger partial charge on any atom is -0.324 e. The van der Waals surface area contributed by atoms with Crippen molar-refractivity contribution in [3.05, 3.63) is 0 Å². The van der Waals surface area contributed by atoms with Crippen molar-refractivity contribution < 1.29 is 23.0 Å². The molecule has 0 radical (unpaired) electrons. The van der Waals surface area contributed by atoms with E-state index >= 15 is 0 Å². The summed E-state index contributed by atoms with van der Waals surface area (Å²) < 4.78 is 20.4. The van der Waals surface area contributed by atoms with Crippen LogP contribution in [0.3, 0.4) is 0 Å². The Labute approximate surface area is 137 Å². The molecule has 0 aromatic carbocycles. The van der Waals surface area contributed by atoms with Gasteiger partial charge in [-0.3, -0.25) is 9.79 Å². The van der Waals surface area contributed by atoms with Gasteiger partial charge in [0.25, 0.3) is 0 Å². The third-order valence-corrected chi connectivity index (χ3v) is 3.94. The highest BCUT2D eigenvalue weighted by Gasteiger charge is 2.24. The predicted octanol–water partition coefficient (Wildman–Crippen LogP) is 5.05. The van der Waals surface area contributed by atoms with Crippen molar-refractivity contribution in [2.45, 2.75) is 79.1 Å². The maximum absolute atomic E-state index is 10.4. The molecule has 6 heteroatoms. The molecule has 0 fully saturated rings. The molecule has 0 saturated carbocycles. The zero-order chi connectivity index (χ0) is 17.5. The van der Waals surface area contributed by atoms with Crippen molar-refractivity contribution in [2.24, 2.45) is 0 Å². The quantitative estimate of drug-likeness (QED) is 0.385. The number of rotatable bonds is 12. The van der Waals surface area contributed by atoms with Crippen LogP contribution in [-0.4, -0.2) is 40.4 Å². The van der Waals surface area contributed by atoms with Crippen LogP contribution in [0.1, 0.15) is 79.1 Å². The largest absolute Gasteiger partial charge is 0.507 e. The van der Waals surface area contributed by atoms with Gasteiger partial charge >= 0.3 is 7.91 Å². The molecule has 22 heavy (non-hydrogen) atoms. The van der Waals surface area contributed by atoms with Crippen LogP contribution in [0.4, 0.5) is 4.20 Å². The molecule has 0 unspecified atom stereocenters. The van der Waals surface area contributed by atoms with Crippen molar-refractivity contribution in [1.29, 1.82) is 0 Å². The lowest BCUT2D eigenvalue weighted by molar-refractivity contribution is -0.929. The molecule has 136 valence electrons. The summed E-state index contributed by atoms with van der Waals surface area (Å²) in [4.78, 5) is 13.9. The maximum Gasteiger partial charge on any atom is 0.507 e. The molecule has 0 spiro atoms. The van der Waals surface area contributed by atoms with E-state index in [1.54, 1.807) is 0 Å². The van der Waals surface area contributed by atoms with E-state index in [4.69, 9.17) is 14.4 Å². The highest BCUT2D eigenvalue weighted by atomic mass is 31.2. The van der Waals surface area contributed by atoms with E-state index in [0.29, 0.717) is 0 Å². The minimum atomic E-state index is -5.14. The van der Waals surface area contributed by atoms with Gasteiger partial charge in [-0.25, -0.2) is 4.57 Å². The van der Waals surface area contributed by atoms with Crippen LogP contribution in [-0.2, 0) is 4.57 Å². The van der Waals surface area contributed by atoms with Gasteiger partial charge in [0.05, 0.1) is 26.2 Å². The van der Waals surface area contributed by atoms with Crippen molar-refractivity contribution in [2.75, 3.05) is 26.2 Å². The van der Waals surface area contributed by atoms with Gasteiger partial charge in [-0.15, -0.1) is 4.20 Å². The molecule has 0 saturated heterocycles. The molecular formula is C16H38FNO3P+. The summed E-state index contributed by atoms with van der Waals surface area (Å²) in [6, 6.07) is 0. The van der Waals surface area contributed by atoms with Crippen molar-refractivity contribution in [3.8, 4) is 0 Å². The van der Waals surface area contributed by atoms with E-state index in [2.05, 4.69) is 27.7 Å². The Morgan fingerprint density at radius 2 is 0.909 bits per heavy atom. The van der Waals surface area contributed by atoms with Gasteiger partial charge in [-0.05, 0) is 25.7 Å². The molecule has 0 aromatic rings. The topological polar surface area (TPSA) is 57.5 Å². The van der Waals surface area contributed by atoms with Crippen LogP contribution in [0.15, 0.2) is 0 Å². The molecular weight excluding hydrogens is 304 g/mol. The monoisotopic (exact) mass is 342 g/mol. The van der Waals surface area contributed by atoms with Crippen LogP contribution >= 0.6 is 7.91 Å². The first kappa shape index (κ1) is 24.3. The van der Waals surface area contributed by atoms with Gasteiger partial charge in [0.15, 0.2) is 0 Å². The van der Waals surface area contributed by atoms with Crippen molar-refractivity contribution in [1.82, 2.24) is 0 Å². The lowest BCUT2D eigenvalue weighted by Crippen LogP contribution is -2.50. The van der Waals surface area contributed by atoms with E-state index in [1.165, 1.54) is 82.0 Å². The molecule has 0 aliphatic heterocycles. The Kier molecular flexibility index (Phi) is 16.1. The van der Waals surface area contributed by atoms with Crippen molar-refractivity contribution >= 4 is 7.91 Å². The number of halogens is 1. The number of nitrogens with zero attached hydrogens (tertiary/aromatic N) is 1. The van der Waals surface area contributed by atoms with E-state index in [0.717, 1.165) is 0 Å². The average molecular weight is 342 g/mol. The second-order valence-corrected chi connectivity index (χ2v) is 7.07. The first-order valence-corrected chi connectivity index (χ1v) is 10.3. The summed E-state index contributed by atoms with van der Waals surface area (Å²) in [7, 11) is -5.14. The highest BCUT2D eigenvalue weighted by Crippen LogP contribution is 2.35. The first-order valence-electron chi connectivity index (χ1n) is 8.84. The van der Waals surface area contributed by atoms with E-state index in [-0.39, 0.29) is 0 Å². The van der Waals surface area contributed by atoms with E-state index in [1.807, 2.05) is 0 Å². The maximum atomic E-state index is 10.4. The molecule has 0 amide bonds. The van der Waals surface area contributed by atoms with Crippen LogP contribution in [0, 0.1) is 0 Å². The summed E-state index contributed by atoms with van der Waals surface area (Å²) in [5.41, 5.74) is 0. The Bertz CT molecular complexity index is 239. The number of hydrogen-bond acceptors (Lipinski definition) is 1. The Balaban J connectivity index is 0. The minimum absolute atomic E-state index is 1.35. The standard InChI is InChI=1S/C16H36N.FH2O3P/c1-5-9-13-17(14-10-6-2,15-11-7-3)16-12-8-4;1-5(2,3)4/h5-16H2,1-4H3;(H2,2,3,4)/q+1;. The van der Waals surface area contributed by atoms with Gasteiger partial charge in [0.1, 0.15) is 0 Å². The smallest absolute Gasteiger partial charge is 0.324 e. The van der Waals surface area contributed by atoms with E-state index in [9.17, 15) is 4.20 Å². The Hall–Kier alpha value is 0.0400. The third-order valence-electron chi connectivity index (χ3n) is 3.94. The van der Waals surface area contributed by atoms with Crippen LogP contribution in [0.5, 0.6) is 0 Å². The first-order chi connectivity index (χ1) is 10.2. The fraction of sp³-hybridized carbons (Fsp3) is 1.00. The normalized spacial score (nSPS) is 12.0. The van der Waals surface area contributed by atoms with Gasteiger partial charge in [0, 0.05) is 0 Å². The highest BCUT2D eigenvalue weighted by molar-refractivity contribution is 7.45. The second kappa shape index (κ2) is 14.6. The lowest BCUT2D eigenvalue weighted by atomic mass is 10.1. The molecule has 0 aliphatic carbocycles. The zero-order valence-corrected chi connectivity index (χ0v) is 16.0. The van der Waals surface area contributed by atoms with Crippen molar-refractivity contribution in [3.63, 3.8) is 0 Å². The lowest BCUT2D eigenvalue weighted by Gasteiger charge is -2.39. The molecule has 0 aromatic heterocycles. The average Bonchev–Trinajstić information content (AvgIpc) is 2.44. The van der Waals surface area contributed by atoms with Gasteiger partial charge in [0.2, 0.25) is 0 Å². The summed E-state index contributed by atoms with van der Waals surface area (Å²) >= 11 is 0. The second-order valence-electron chi connectivity index (χ2n) is 6.12. The summed E-state index contributed by atoms with van der Waals surface area (Å²) in [6.07, 6.45) is 11.1. The molecule has 0 aliphatic rings. The van der Waals surface area contributed by atoms with Crippen LogP contribution in [0.2, 0.25) is 0 Å². The number of unbranched alkanes of at least 4 members (excludes halogenated alkanes) is 4. The fourth-order valence-electron chi connectivity index (χ4n) is 2.64. The molecule has 0 rings (SSSR count). The Morgan fingerprint density at radius 3 is 1.05 bits per heavy atom. The van der Waals surface area contributed by atoms with Crippen LogP contribution in [0.25, 0.3) is 0 Å². The summed E-state index contributed by atoms with van der Waals surface area (Å²) in [6.45, 7) is 15.0. The molecule has 0 bridgehead atoms. The summed E-state index contributed by atoms with van der Waals surface area (Å²) in [5.74, 6) is 0. The fourth-order valence-corrected chi connectivity index (χ4v) is 2.64.